The average molecular weight is 256 g/mol. The Morgan fingerprint density at radius 3 is 2.65 bits per heavy atom. The van der Waals surface area contributed by atoms with Crippen LogP contribution in [-0.4, -0.2) is 29.6 Å². The van der Waals surface area contributed by atoms with Gasteiger partial charge in [-0.15, -0.1) is 0 Å². The smallest absolute Gasteiger partial charge is 0.325 e. The maximum Gasteiger partial charge on any atom is 0.325 e. The average Bonchev–Trinajstić information content (AvgIpc) is 2.29. The van der Waals surface area contributed by atoms with E-state index in [1.807, 2.05) is 18.0 Å². The Kier molecular flexibility index (Phi) is 5.45. The number of benzene rings is 1. The van der Waals surface area contributed by atoms with Crippen LogP contribution in [0.1, 0.15) is 31.4 Å². The van der Waals surface area contributed by atoms with Crippen LogP contribution < -0.4 is 0 Å². The molecule has 0 radical (unpaired) electrons. The third-order valence-corrected chi connectivity index (χ3v) is 3.08. The number of unbranched alkanes of at least 4 members (excludes halogenated alkanes) is 1. The Morgan fingerprint density at radius 1 is 1.47 bits per heavy atom. The molecule has 94 valence electrons. The van der Waals surface area contributed by atoms with E-state index in [0.29, 0.717) is 10.6 Å². The molecule has 0 amide bonds. The lowest BCUT2D eigenvalue weighted by Gasteiger charge is -2.25. The first-order valence-electron chi connectivity index (χ1n) is 5.75. The first-order chi connectivity index (χ1) is 8.07. The molecule has 0 bridgehead atoms. The van der Waals surface area contributed by atoms with Gasteiger partial charge in [-0.25, -0.2) is 0 Å². The molecule has 1 aromatic carbocycles. The van der Waals surface area contributed by atoms with Gasteiger partial charge in [-0.2, -0.15) is 0 Å². The molecular weight excluding hydrogens is 238 g/mol. The van der Waals surface area contributed by atoms with Crippen molar-refractivity contribution >= 4 is 17.6 Å². The summed E-state index contributed by atoms with van der Waals surface area (Å²) in [5.41, 5.74) is 0.653. The molecule has 1 atom stereocenters. The summed E-state index contributed by atoms with van der Waals surface area (Å²) in [6, 6.07) is 6.43. The monoisotopic (exact) mass is 255 g/mol. The molecule has 0 fully saturated rings. The highest BCUT2D eigenvalue weighted by atomic mass is 35.5. The highest BCUT2D eigenvalue weighted by molar-refractivity contribution is 6.31. The summed E-state index contributed by atoms with van der Waals surface area (Å²) in [4.78, 5) is 13.2. The zero-order valence-electron chi connectivity index (χ0n) is 10.2. The number of nitrogens with zero attached hydrogens (tertiary/aromatic N) is 1. The van der Waals surface area contributed by atoms with Crippen molar-refractivity contribution in [1.29, 1.82) is 0 Å². The number of carboxylic acids is 1. The van der Waals surface area contributed by atoms with Crippen LogP contribution in [0.3, 0.4) is 0 Å². The van der Waals surface area contributed by atoms with Crippen molar-refractivity contribution in [3.8, 4) is 0 Å². The number of hydrogen-bond acceptors (Lipinski definition) is 2. The maximum atomic E-state index is 11.4. The minimum absolute atomic E-state index is 0.503. The zero-order valence-corrected chi connectivity index (χ0v) is 10.9. The van der Waals surface area contributed by atoms with Crippen molar-refractivity contribution < 1.29 is 9.90 Å². The van der Waals surface area contributed by atoms with Crippen molar-refractivity contribution in [2.24, 2.45) is 0 Å². The summed E-state index contributed by atoms with van der Waals surface area (Å²) in [7, 11) is 1.82. The first kappa shape index (κ1) is 14.0. The molecule has 1 unspecified atom stereocenters. The van der Waals surface area contributed by atoms with Crippen molar-refractivity contribution in [2.75, 3.05) is 13.6 Å². The first-order valence-corrected chi connectivity index (χ1v) is 6.13. The number of aliphatic carboxylic acids is 1. The van der Waals surface area contributed by atoms with Gasteiger partial charge in [0.1, 0.15) is 6.04 Å². The quantitative estimate of drug-likeness (QED) is 0.849. The standard InChI is InChI=1S/C13H18ClNO2/c1-3-4-9-15(2)12(13(16)17)10-7-5-6-8-11(10)14/h5-8,12H,3-4,9H2,1-2H3,(H,16,17). The molecule has 0 saturated carbocycles. The van der Waals surface area contributed by atoms with Gasteiger partial charge < -0.3 is 5.11 Å². The van der Waals surface area contributed by atoms with Crippen LogP contribution in [0.2, 0.25) is 5.02 Å². The topological polar surface area (TPSA) is 40.5 Å². The normalized spacial score (nSPS) is 12.7. The molecule has 0 heterocycles. The van der Waals surface area contributed by atoms with Gasteiger partial charge in [-0.1, -0.05) is 43.1 Å². The van der Waals surface area contributed by atoms with Crippen molar-refractivity contribution in [3.63, 3.8) is 0 Å². The van der Waals surface area contributed by atoms with Crippen LogP contribution in [-0.2, 0) is 4.79 Å². The van der Waals surface area contributed by atoms with Crippen molar-refractivity contribution in [1.82, 2.24) is 4.90 Å². The second-order valence-corrected chi connectivity index (χ2v) is 4.50. The van der Waals surface area contributed by atoms with Crippen molar-refractivity contribution in [2.45, 2.75) is 25.8 Å². The van der Waals surface area contributed by atoms with Crippen LogP contribution in [0.15, 0.2) is 24.3 Å². The van der Waals surface area contributed by atoms with E-state index < -0.39 is 12.0 Å². The molecule has 0 aliphatic rings. The molecule has 0 aliphatic carbocycles. The third kappa shape index (κ3) is 3.72. The maximum absolute atomic E-state index is 11.4. The number of carbonyl (C=O) groups is 1. The Bertz CT molecular complexity index is 381. The Balaban J connectivity index is 2.93. The predicted molar refractivity (Wildman–Crippen MR) is 69.4 cm³/mol. The molecule has 17 heavy (non-hydrogen) atoms. The third-order valence-electron chi connectivity index (χ3n) is 2.74. The van der Waals surface area contributed by atoms with E-state index in [1.165, 1.54) is 0 Å². The van der Waals surface area contributed by atoms with Gasteiger partial charge in [0.15, 0.2) is 0 Å². The fourth-order valence-corrected chi connectivity index (χ4v) is 2.03. The molecule has 0 spiro atoms. The van der Waals surface area contributed by atoms with E-state index in [9.17, 15) is 9.90 Å². The number of halogens is 1. The molecule has 0 aliphatic heterocycles. The van der Waals surface area contributed by atoms with Crippen LogP contribution in [0.25, 0.3) is 0 Å². The van der Waals surface area contributed by atoms with Crippen LogP contribution in [0.5, 0.6) is 0 Å². The van der Waals surface area contributed by atoms with Gasteiger partial charge in [0.05, 0.1) is 0 Å². The van der Waals surface area contributed by atoms with Gasteiger partial charge >= 0.3 is 5.97 Å². The van der Waals surface area contributed by atoms with Crippen LogP contribution in [0.4, 0.5) is 0 Å². The number of carboxylic acid groups (broad SMARTS) is 1. The van der Waals surface area contributed by atoms with Gasteiger partial charge in [0.25, 0.3) is 0 Å². The second-order valence-electron chi connectivity index (χ2n) is 4.10. The van der Waals surface area contributed by atoms with E-state index >= 15 is 0 Å². The van der Waals surface area contributed by atoms with Gasteiger partial charge in [-0.05, 0) is 31.6 Å². The molecule has 4 heteroatoms. The van der Waals surface area contributed by atoms with E-state index in [1.54, 1.807) is 18.2 Å². The molecular formula is C13H18ClNO2. The summed E-state index contributed by atoms with van der Waals surface area (Å²) >= 11 is 6.05. The summed E-state index contributed by atoms with van der Waals surface area (Å²) in [6.45, 7) is 2.83. The largest absolute Gasteiger partial charge is 0.480 e. The van der Waals surface area contributed by atoms with Gasteiger partial charge in [-0.3, -0.25) is 9.69 Å². The SMILES string of the molecule is CCCCN(C)C(C(=O)O)c1ccccc1Cl. The highest BCUT2D eigenvalue weighted by Crippen LogP contribution is 2.27. The fraction of sp³-hybridized carbons (Fsp3) is 0.462. The predicted octanol–water partition coefficient (Wildman–Crippen LogP) is 3.20. The Hall–Kier alpha value is -1.06. The fourth-order valence-electron chi connectivity index (χ4n) is 1.79. The summed E-state index contributed by atoms with van der Waals surface area (Å²) in [5, 5.41) is 9.82. The summed E-state index contributed by atoms with van der Waals surface area (Å²) < 4.78 is 0. The lowest BCUT2D eigenvalue weighted by atomic mass is 10.1. The van der Waals surface area contributed by atoms with E-state index in [2.05, 4.69) is 6.92 Å². The number of likely N-dealkylation sites (N-methyl/N-ethyl adjacent to an activating group) is 1. The minimum Gasteiger partial charge on any atom is -0.480 e. The molecule has 1 aromatic rings. The molecule has 1 N–H and O–H groups in total. The molecule has 1 rings (SSSR count). The van der Waals surface area contributed by atoms with Crippen LogP contribution in [0, 0.1) is 0 Å². The van der Waals surface area contributed by atoms with E-state index in [0.717, 1.165) is 19.4 Å². The lowest BCUT2D eigenvalue weighted by Crippen LogP contribution is -2.31. The Labute approximate surface area is 107 Å². The molecule has 0 aromatic heterocycles. The minimum atomic E-state index is -0.864. The van der Waals surface area contributed by atoms with Gasteiger partial charge in [0.2, 0.25) is 0 Å². The van der Waals surface area contributed by atoms with E-state index in [-0.39, 0.29) is 0 Å². The number of rotatable bonds is 6. The van der Waals surface area contributed by atoms with E-state index in [4.69, 9.17) is 11.6 Å². The molecule has 0 saturated heterocycles. The Morgan fingerprint density at radius 2 is 2.12 bits per heavy atom. The zero-order chi connectivity index (χ0) is 12.8. The summed E-state index contributed by atoms with van der Waals surface area (Å²) in [5.74, 6) is -0.864. The lowest BCUT2D eigenvalue weighted by molar-refractivity contribution is -0.143. The highest BCUT2D eigenvalue weighted by Gasteiger charge is 2.25. The second kappa shape index (κ2) is 6.62. The molecule has 3 nitrogen and oxygen atoms in total. The number of hydrogen-bond donors (Lipinski definition) is 1. The summed E-state index contributed by atoms with van der Waals surface area (Å²) in [6.07, 6.45) is 2.02. The van der Waals surface area contributed by atoms with Crippen molar-refractivity contribution in [3.05, 3.63) is 34.9 Å². The van der Waals surface area contributed by atoms with Crippen LogP contribution >= 0.6 is 11.6 Å². The van der Waals surface area contributed by atoms with Gasteiger partial charge in [0, 0.05) is 5.02 Å².